The molecular formula is C15H18N+. The van der Waals surface area contributed by atoms with Crippen LogP contribution >= 0.6 is 0 Å². The molecule has 0 radical (unpaired) electrons. The second kappa shape index (κ2) is 4.09. The van der Waals surface area contributed by atoms with Gasteiger partial charge in [0.15, 0.2) is 5.69 Å². The number of benzene rings is 1. The van der Waals surface area contributed by atoms with Gasteiger partial charge in [0.1, 0.15) is 7.05 Å². The van der Waals surface area contributed by atoms with Crippen molar-refractivity contribution in [3.05, 3.63) is 53.2 Å². The van der Waals surface area contributed by atoms with Crippen molar-refractivity contribution in [2.75, 3.05) is 0 Å². The third-order valence-corrected chi connectivity index (χ3v) is 3.11. The molecule has 1 heterocycles. The standard InChI is InChI=1S/C15H18N/c1-11-9-13(3)16(4)15(10-11)14-8-6-5-7-12(14)2/h5-10H,1-4H3/q+1. The molecule has 0 saturated heterocycles. The van der Waals surface area contributed by atoms with Crippen LogP contribution in [0.1, 0.15) is 16.8 Å². The molecule has 0 spiro atoms. The molecule has 2 aromatic rings. The van der Waals surface area contributed by atoms with Gasteiger partial charge in [0.2, 0.25) is 5.69 Å². The van der Waals surface area contributed by atoms with Crippen LogP contribution in [0.25, 0.3) is 11.3 Å². The first-order valence-electron chi connectivity index (χ1n) is 5.63. The van der Waals surface area contributed by atoms with Gasteiger partial charge in [-0.1, -0.05) is 18.2 Å². The van der Waals surface area contributed by atoms with Crippen LogP contribution in [0.3, 0.4) is 0 Å². The van der Waals surface area contributed by atoms with Gasteiger partial charge in [-0.05, 0) is 31.0 Å². The van der Waals surface area contributed by atoms with Crippen LogP contribution in [0.4, 0.5) is 0 Å². The molecule has 1 nitrogen and oxygen atoms in total. The highest BCUT2D eigenvalue weighted by atomic mass is 14.9. The van der Waals surface area contributed by atoms with Gasteiger partial charge in [-0.2, -0.15) is 4.57 Å². The summed E-state index contributed by atoms with van der Waals surface area (Å²) in [6, 6.07) is 13.0. The fraction of sp³-hybridized carbons (Fsp3) is 0.267. The minimum Gasteiger partial charge on any atom is -0.199 e. The Kier molecular flexibility index (Phi) is 2.78. The highest BCUT2D eigenvalue weighted by Gasteiger charge is 2.14. The predicted molar refractivity (Wildman–Crippen MR) is 67.3 cm³/mol. The Labute approximate surface area is 97.4 Å². The number of hydrogen-bond donors (Lipinski definition) is 0. The highest BCUT2D eigenvalue weighted by Crippen LogP contribution is 2.20. The maximum absolute atomic E-state index is 2.25. The Morgan fingerprint density at radius 2 is 1.62 bits per heavy atom. The number of rotatable bonds is 1. The molecule has 0 saturated carbocycles. The summed E-state index contributed by atoms with van der Waals surface area (Å²) in [7, 11) is 2.12. The molecule has 0 unspecified atom stereocenters. The number of nitrogens with zero attached hydrogens (tertiary/aromatic N) is 1. The van der Waals surface area contributed by atoms with Crippen LogP contribution in [0.2, 0.25) is 0 Å². The van der Waals surface area contributed by atoms with Crippen molar-refractivity contribution >= 4 is 0 Å². The Hall–Kier alpha value is -1.63. The van der Waals surface area contributed by atoms with Crippen molar-refractivity contribution < 1.29 is 4.57 Å². The summed E-state index contributed by atoms with van der Waals surface area (Å²) in [5, 5.41) is 0. The molecule has 2 rings (SSSR count). The normalized spacial score (nSPS) is 10.5. The van der Waals surface area contributed by atoms with Gasteiger partial charge in [0, 0.05) is 24.6 Å². The lowest BCUT2D eigenvalue weighted by Gasteiger charge is -2.06. The molecule has 0 N–H and O–H groups in total. The van der Waals surface area contributed by atoms with Crippen molar-refractivity contribution in [1.29, 1.82) is 0 Å². The number of aromatic nitrogens is 1. The average molecular weight is 212 g/mol. The van der Waals surface area contributed by atoms with E-state index >= 15 is 0 Å². The maximum atomic E-state index is 2.25. The van der Waals surface area contributed by atoms with Gasteiger partial charge in [-0.3, -0.25) is 0 Å². The van der Waals surface area contributed by atoms with Crippen molar-refractivity contribution in [3.63, 3.8) is 0 Å². The summed E-state index contributed by atoms with van der Waals surface area (Å²) in [5.41, 5.74) is 6.53. The van der Waals surface area contributed by atoms with Crippen LogP contribution in [0, 0.1) is 20.8 Å². The van der Waals surface area contributed by atoms with Gasteiger partial charge >= 0.3 is 0 Å². The summed E-state index contributed by atoms with van der Waals surface area (Å²) in [5.74, 6) is 0. The molecule has 16 heavy (non-hydrogen) atoms. The average Bonchev–Trinajstić information content (AvgIpc) is 2.24. The van der Waals surface area contributed by atoms with Crippen molar-refractivity contribution in [2.24, 2.45) is 7.05 Å². The van der Waals surface area contributed by atoms with Gasteiger partial charge in [-0.25, -0.2) is 0 Å². The Balaban J connectivity index is 2.69. The molecule has 82 valence electrons. The van der Waals surface area contributed by atoms with Crippen LogP contribution in [0.5, 0.6) is 0 Å². The van der Waals surface area contributed by atoms with E-state index in [1.165, 1.54) is 28.1 Å². The SMILES string of the molecule is Cc1cc(C)[n+](C)c(-c2ccccc2C)c1. The zero-order valence-corrected chi connectivity index (χ0v) is 10.4. The minimum atomic E-state index is 1.29. The van der Waals surface area contributed by atoms with E-state index < -0.39 is 0 Å². The summed E-state index contributed by atoms with van der Waals surface area (Å²) in [6.45, 7) is 6.45. The van der Waals surface area contributed by atoms with E-state index in [0.29, 0.717) is 0 Å². The first kappa shape index (κ1) is 10.9. The van der Waals surface area contributed by atoms with E-state index in [4.69, 9.17) is 0 Å². The molecule has 1 heteroatoms. The molecule has 0 bridgehead atoms. The lowest BCUT2D eigenvalue weighted by Crippen LogP contribution is -2.34. The maximum Gasteiger partial charge on any atom is 0.212 e. The van der Waals surface area contributed by atoms with Crippen LogP contribution in [0.15, 0.2) is 36.4 Å². The van der Waals surface area contributed by atoms with Crippen molar-refractivity contribution in [3.8, 4) is 11.3 Å². The van der Waals surface area contributed by atoms with Crippen LogP contribution in [-0.2, 0) is 7.05 Å². The highest BCUT2D eigenvalue weighted by molar-refractivity contribution is 5.61. The zero-order chi connectivity index (χ0) is 11.7. The van der Waals surface area contributed by atoms with E-state index in [0.717, 1.165) is 0 Å². The van der Waals surface area contributed by atoms with E-state index in [2.05, 4.69) is 68.8 Å². The molecule has 0 atom stereocenters. The predicted octanol–water partition coefficient (Wildman–Crippen LogP) is 3.10. The fourth-order valence-corrected chi connectivity index (χ4v) is 2.09. The second-order valence-electron chi connectivity index (χ2n) is 4.43. The first-order chi connectivity index (χ1) is 7.59. The summed E-state index contributed by atoms with van der Waals surface area (Å²) < 4.78 is 2.25. The molecule has 0 amide bonds. The number of aryl methyl sites for hydroxylation is 3. The number of pyridine rings is 1. The molecule has 1 aromatic carbocycles. The monoisotopic (exact) mass is 212 g/mol. The molecule has 0 fully saturated rings. The topological polar surface area (TPSA) is 3.88 Å². The fourth-order valence-electron chi connectivity index (χ4n) is 2.09. The Bertz CT molecular complexity index is 527. The molecular weight excluding hydrogens is 194 g/mol. The molecule has 0 aliphatic heterocycles. The van der Waals surface area contributed by atoms with Gasteiger partial charge in [0.25, 0.3) is 0 Å². The van der Waals surface area contributed by atoms with Crippen LogP contribution < -0.4 is 4.57 Å². The van der Waals surface area contributed by atoms with E-state index in [-0.39, 0.29) is 0 Å². The quantitative estimate of drug-likeness (QED) is 0.639. The second-order valence-corrected chi connectivity index (χ2v) is 4.43. The van der Waals surface area contributed by atoms with Gasteiger partial charge in [-0.15, -0.1) is 0 Å². The Morgan fingerprint density at radius 1 is 0.938 bits per heavy atom. The molecule has 0 aliphatic carbocycles. The lowest BCUT2D eigenvalue weighted by atomic mass is 10.0. The van der Waals surface area contributed by atoms with Crippen molar-refractivity contribution in [2.45, 2.75) is 20.8 Å². The molecule has 0 aliphatic rings. The van der Waals surface area contributed by atoms with E-state index in [1.54, 1.807) is 0 Å². The summed E-state index contributed by atoms with van der Waals surface area (Å²) in [6.07, 6.45) is 0. The lowest BCUT2D eigenvalue weighted by molar-refractivity contribution is -0.666. The summed E-state index contributed by atoms with van der Waals surface area (Å²) in [4.78, 5) is 0. The van der Waals surface area contributed by atoms with Gasteiger partial charge in [0.05, 0.1) is 0 Å². The summed E-state index contributed by atoms with van der Waals surface area (Å²) >= 11 is 0. The first-order valence-corrected chi connectivity index (χ1v) is 5.63. The zero-order valence-electron chi connectivity index (χ0n) is 10.4. The molecule has 1 aromatic heterocycles. The van der Waals surface area contributed by atoms with E-state index in [9.17, 15) is 0 Å². The Morgan fingerprint density at radius 3 is 2.31 bits per heavy atom. The number of hydrogen-bond acceptors (Lipinski definition) is 0. The van der Waals surface area contributed by atoms with Gasteiger partial charge < -0.3 is 0 Å². The van der Waals surface area contributed by atoms with E-state index in [1.807, 2.05) is 0 Å². The third-order valence-electron chi connectivity index (χ3n) is 3.11. The third kappa shape index (κ3) is 1.85. The largest absolute Gasteiger partial charge is 0.212 e. The van der Waals surface area contributed by atoms with Crippen LogP contribution in [-0.4, -0.2) is 0 Å². The minimum absolute atomic E-state index is 1.29. The van der Waals surface area contributed by atoms with Crippen molar-refractivity contribution in [1.82, 2.24) is 0 Å². The smallest absolute Gasteiger partial charge is 0.199 e.